The molecule has 0 saturated carbocycles. The molecule has 0 unspecified atom stereocenters. The predicted molar refractivity (Wildman–Crippen MR) is 63.5 cm³/mol. The van der Waals surface area contributed by atoms with Gasteiger partial charge in [0, 0.05) is 19.3 Å². The molecule has 0 spiro atoms. The van der Waals surface area contributed by atoms with Crippen molar-refractivity contribution in [3.8, 4) is 0 Å². The number of aromatic nitrogens is 1. The van der Waals surface area contributed by atoms with Crippen LogP contribution in [0.25, 0.3) is 11.0 Å². The molecule has 4 heteroatoms. The lowest BCUT2D eigenvalue weighted by atomic mass is 10.3. The largest absolute Gasteiger partial charge is 0.464 e. The van der Waals surface area contributed by atoms with Gasteiger partial charge in [0.2, 0.25) is 0 Å². The van der Waals surface area contributed by atoms with Crippen LogP contribution in [0.3, 0.4) is 0 Å². The molecule has 0 aromatic carbocycles. The molecule has 0 aliphatic heterocycles. The Bertz CT molecular complexity index is 479. The van der Waals surface area contributed by atoms with Crippen LogP contribution in [0.15, 0.2) is 41.7 Å². The number of fused-ring (bicyclic) bond motifs is 1. The molecule has 2 aromatic rings. The Morgan fingerprint density at radius 3 is 3.12 bits per heavy atom. The zero-order chi connectivity index (χ0) is 11.4. The van der Waals surface area contributed by atoms with E-state index >= 15 is 0 Å². The van der Waals surface area contributed by atoms with Crippen LogP contribution in [-0.2, 0) is 0 Å². The molecule has 0 saturated heterocycles. The van der Waals surface area contributed by atoms with Gasteiger partial charge in [0.15, 0.2) is 0 Å². The van der Waals surface area contributed by atoms with Gasteiger partial charge in [-0.3, -0.25) is 0 Å². The van der Waals surface area contributed by atoms with Crippen LogP contribution in [0.1, 0.15) is 0 Å². The first kappa shape index (κ1) is 10.7. The van der Waals surface area contributed by atoms with Crippen LogP contribution in [0.5, 0.6) is 0 Å². The number of anilines is 1. The first-order valence-corrected chi connectivity index (χ1v) is 5.15. The maximum Gasteiger partial charge on any atom is 0.140 e. The minimum Gasteiger partial charge on any atom is -0.464 e. The van der Waals surface area contributed by atoms with E-state index in [2.05, 4.69) is 11.6 Å². The fraction of sp³-hybridized carbons (Fsp3) is 0.250. The molecule has 0 fully saturated rings. The quantitative estimate of drug-likeness (QED) is 0.778. The van der Waals surface area contributed by atoms with Crippen LogP contribution in [-0.4, -0.2) is 29.8 Å². The van der Waals surface area contributed by atoms with Gasteiger partial charge in [-0.2, -0.15) is 0 Å². The third-order valence-corrected chi connectivity index (χ3v) is 2.38. The molecule has 84 valence electrons. The van der Waals surface area contributed by atoms with Gasteiger partial charge in [0.25, 0.3) is 0 Å². The fourth-order valence-corrected chi connectivity index (χ4v) is 1.69. The van der Waals surface area contributed by atoms with Gasteiger partial charge in [-0.05, 0) is 12.1 Å². The van der Waals surface area contributed by atoms with E-state index < -0.39 is 0 Å². The van der Waals surface area contributed by atoms with Crippen LogP contribution in [0.4, 0.5) is 5.82 Å². The first-order valence-electron chi connectivity index (χ1n) is 5.15. The van der Waals surface area contributed by atoms with Gasteiger partial charge in [-0.1, -0.05) is 6.08 Å². The highest BCUT2D eigenvalue weighted by Crippen LogP contribution is 2.24. The third kappa shape index (κ3) is 1.92. The molecule has 0 atom stereocenters. The Balaban J connectivity index is 2.42. The third-order valence-electron chi connectivity index (χ3n) is 2.38. The number of aliphatic hydroxyl groups excluding tert-OH is 1. The molecule has 1 N–H and O–H groups in total. The summed E-state index contributed by atoms with van der Waals surface area (Å²) in [5, 5.41) is 9.98. The smallest absolute Gasteiger partial charge is 0.140 e. The lowest BCUT2D eigenvalue weighted by Crippen LogP contribution is -2.27. The van der Waals surface area contributed by atoms with Gasteiger partial charge in [0.1, 0.15) is 11.4 Å². The van der Waals surface area contributed by atoms with E-state index in [0.717, 1.165) is 16.8 Å². The molecular weight excluding hydrogens is 204 g/mol. The van der Waals surface area contributed by atoms with Crippen LogP contribution >= 0.6 is 0 Å². The highest BCUT2D eigenvalue weighted by molar-refractivity contribution is 5.88. The van der Waals surface area contributed by atoms with Crippen molar-refractivity contribution in [3.63, 3.8) is 0 Å². The molecule has 0 aliphatic carbocycles. The second kappa shape index (κ2) is 4.81. The number of hydrogen-bond acceptors (Lipinski definition) is 4. The summed E-state index contributed by atoms with van der Waals surface area (Å²) < 4.78 is 5.31. The lowest BCUT2D eigenvalue weighted by Gasteiger charge is -2.21. The van der Waals surface area contributed by atoms with Crippen molar-refractivity contribution in [1.29, 1.82) is 0 Å². The molecule has 0 amide bonds. The van der Waals surface area contributed by atoms with Crippen molar-refractivity contribution in [2.75, 3.05) is 24.6 Å². The van der Waals surface area contributed by atoms with Crippen molar-refractivity contribution in [2.24, 2.45) is 0 Å². The number of pyridine rings is 1. The second-order valence-corrected chi connectivity index (χ2v) is 3.43. The SMILES string of the molecule is C=CCN(CCO)c1nccc2occc12. The molecule has 0 radical (unpaired) electrons. The van der Waals surface area contributed by atoms with E-state index in [0.29, 0.717) is 13.1 Å². The Morgan fingerprint density at radius 2 is 2.38 bits per heavy atom. The molecule has 2 aromatic heterocycles. The second-order valence-electron chi connectivity index (χ2n) is 3.43. The van der Waals surface area contributed by atoms with Gasteiger partial charge in [-0.15, -0.1) is 6.58 Å². The number of furan rings is 1. The maximum atomic E-state index is 9.02. The summed E-state index contributed by atoms with van der Waals surface area (Å²) in [6, 6.07) is 3.70. The molecule has 2 rings (SSSR count). The topological polar surface area (TPSA) is 49.5 Å². The fourth-order valence-electron chi connectivity index (χ4n) is 1.69. The zero-order valence-electron chi connectivity index (χ0n) is 8.97. The summed E-state index contributed by atoms with van der Waals surface area (Å²) >= 11 is 0. The van der Waals surface area contributed by atoms with Gasteiger partial charge in [-0.25, -0.2) is 4.98 Å². The number of aliphatic hydroxyl groups is 1. The standard InChI is InChI=1S/C12H14N2O2/c1-2-6-14(7-8-15)12-10-4-9-16-11(10)3-5-13-12/h2-5,9,15H,1,6-8H2. The summed E-state index contributed by atoms with van der Waals surface area (Å²) in [6.45, 7) is 4.97. The van der Waals surface area contributed by atoms with E-state index in [9.17, 15) is 0 Å². The zero-order valence-corrected chi connectivity index (χ0v) is 8.97. The van der Waals surface area contributed by atoms with Crippen molar-refractivity contribution in [2.45, 2.75) is 0 Å². The molecule has 16 heavy (non-hydrogen) atoms. The Hall–Kier alpha value is -1.81. The Morgan fingerprint density at radius 1 is 1.50 bits per heavy atom. The van der Waals surface area contributed by atoms with Gasteiger partial charge in [0.05, 0.1) is 18.3 Å². The highest BCUT2D eigenvalue weighted by atomic mass is 16.3. The van der Waals surface area contributed by atoms with E-state index in [1.54, 1.807) is 18.5 Å². The van der Waals surface area contributed by atoms with Crippen molar-refractivity contribution < 1.29 is 9.52 Å². The van der Waals surface area contributed by atoms with E-state index in [1.807, 2.05) is 17.0 Å². The minimum absolute atomic E-state index is 0.0871. The summed E-state index contributed by atoms with van der Waals surface area (Å²) in [6.07, 6.45) is 5.13. The molecule has 0 bridgehead atoms. The highest BCUT2D eigenvalue weighted by Gasteiger charge is 2.11. The molecule has 4 nitrogen and oxygen atoms in total. The molecular formula is C12H14N2O2. The van der Waals surface area contributed by atoms with E-state index in [-0.39, 0.29) is 6.61 Å². The van der Waals surface area contributed by atoms with Gasteiger partial charge >= 0.3 is 0 Å². The lowest BCUT2D eigenvalue weighted by molar-refractivity contribution is 0.303. The van der Waals surface area contributed by atoms with E-state index in [4.69, 9.17) is 9.52 Å². The predicted octanol–water partition coefficient (Wildman–Crippen LogP) is 1.81. The average molecular weight is 218 g/mol. The van der Waals surface area contributed by atoms with Crippen molar-refractivity contribution >= 4 is 16.8 Å². The molecule has 2 heterocycles. The number of hydrogen-bond donors (Lipinski definition) is 1. The van der Waals surface area contributed by atoms with Crippen LogP contribution < -0.4 is 4.90 Å². The van der Waals surface area contributed by atoms with Crippen LogP contribution in [0.2, 0.25) is 0 Å². The van der Waals surface area contributed by atoms with E-state index in [1.165, 1.54) is 0 Å². The summed E-state index contributed by atoms with van der Waals surface area (Å²) in [4.78, 5) is 6.29. The summed E-state index contributed by atoms with van der Waals surface area (Å²) in [5.74, 6) is 0.820. The van der Waals surface area contributed by atoms with Crippen molar-refractivity contribution in [1.82, 2.24) is 4.98 Å². The first-order chi connectivity index (χ1) is 7.86. The number of nitrogens with zero attached hydrogens (tertiary/aromatic N) is 2. The van der Waals surface area contributed by atoms with Crippen molar-refractivity contribution in [3.05, 3.63) is 37.2 Å². The minimum atomic E-state index is 0.0871. The van der Waals surface area contributed by atoms with Crippen LogP contribution in [0, 0.1) is 0 Å². The summed E-state index contributed by atoms with van der Waals surface area (Å²) in [5.41, 5.74) is 0.803. The monoisotopic (exact) mass is 218 g/mol. The molecule has 0 aliphatic rings. The van der Waals surface area contributed by atoms with Gasteiger partial charge < -0.3 is 14.4 Å². The number of rotatable bonds is 5. The summed E-state index contributed by atoms with van der Waals surface area (Å²) in [7, 11) is 0. The average Bonchev–Trinajstić information content (AvgIpc) is 2.76. The Kier molecular flexibility index (Phi) is 3.22. The Labute approximate surface area is 93.8 Å². The normalized spacial score (nSPS) is 10.6. The maximum absolute atomic E-state index is 9.02.